The van der Waals surface area contributed by atoms with E-state index in [-0.39, 0.29) is 36.5 Å². The molecule has 0 radical (unpaired) electrons. The zero-order valence-corrected chi connectivity index (χ0v) is 20.2. The Morgan fingerprint density at radius 2 is 1.89 bits per heavy atom. The maximum Gasteiger partial charge on any atom is 0.295 e. The third-order valence-electron chi connectivity index (χ3n) is 6.62. The van der Waals surface area contributed by atoms with E-state index >= 15 is 0 Å². The van der Waals surface area contributed by atoms with Gasteiger partial charge in [-0.25, -0.2) is 0 Å². The number of nitrogens with zero attached hydrogens (tertiary/aromatic N) is 1. The van der Waals surface area contributed by atoms with Gasteiger partial charge in [0.15, 0.2) is 11.5 Å². The van der Waals surface area contributed by atoms with Gasteiger partial charge >= 0.3 is 0 Å². The average molecular weight is 498 g/mol. The molecule has 0 saturated carbocycles. The van der Waals surface area contributed by atoms with Gasteiger partial charge in [-0.2, -0.15) is 0 Å². The summed E-state index contributed by atoms with van der Waals surface area (Å²) in [6.07, 6.45) is 1.39. The average Bonchev–Trinajstić information content (AvgIpc) is 3.65. The number of carbonyl (C=O) groups excluding carboxylic acids is 2. The van der Waals surface area contributed by atoms with Crippen molar-refractivity contribution in [3.63, 3.8) is 0 Å². The first-order valence-electron chi connectivity index (χ1n) is 11.6. The minimum absolute atomic E-state index is 0.0363. The Hall–Kier alpha value is -3.92. The molecule has 0 bridgehead atoms. The van der Waals surface area contributed by atoms with E-state index in [1.54, 1.807) is 30.3 Å². The van der Waals surface area contributed by atoms with E-state index in [0.29, 0.717) is 40.7 Å². The lowest BCUT2D eigenvalue weighted by atomic mass is 9.93. The molecule has 36 heavy (non-hydrogen) atoms. The summed E-state index contributed by atoms with van der Waals surface area (Å²) < 4.78 is 33.5. The van der Waals surface area contributed by atoms with Crippen molar-refractivity contribution in [1.29, 1.82) is 0 Å². The Labute approximate surface area is 207 Å². The molecule has 2 fully saturated rings. The Balaban J connectivity index is 1.73. The zero-order valence-electron chi connectivity index (χ0n) is 20.2. The number of benzene rings is 2. The highest BCUT2D eigenvalue weighted by atomic mass is 16.7. The Kier molecular flexibility index (Phi) is 6.36. The van der Waals surface area contributed by atoms with Crippen molar-refractivity contribution in [3.8, 4) is 28.7 Å². The van der Waals surface area contributed by atoms with Gasteiger partial charge < -0.3 is 38.4 Å². The summed E-state index contributed by atoms with van der Waals surface area (Å²) in [5.41, 5.74) is 0.673. The molecule has 0 spiro atoms. The number of carbonyl (C=O) groups is 2. The van der Waals surface area contributed by atoms with Gasteiger partial charge in [0.2, 0.25) is 18.3 Å². The van der Waals surface area contributed by atoms with Crippen molar-refractivity contribution in [2.75, 3.05) is 41.3 Å². The van der Waals surface area contributed by atoms with E-state index in [4.69, 9.17) is 28.4 Å². The summed E-state index contributed by atoms with van der Waals surface area (Å²) in [5, 5.41) is 11.4. The molecule has 1 N–H and O–H groups in total. The quantitative estimate of drug-likeness (QED) is 0.350. The summed E-state index contributed by atoms with van der Waals surface area (Å²) >= 11 is 0. The topological polar surface area (TPSA) is 113 Å². The van der Waals surface area contributed by atoms with Crippen LogP contribution >= 0.6 is 0 Å². The van der Waals surface area contributed by atoms with Crippen LogP contribution in [0, 0.1) is 0 Å². The van der Waals surface area contributed by atoms with Gasteiger partial charge in [-0.15, -0.1) is 0 Å². The summed E-state index contributed by atoms with van der Waals surface area (Å²) in [5.74, 6) is -0.0858. The number of Topliss-reactive ketones (excluding diaryl/α,β-unsaturated/α-hetero) is 1. The fraction of sp³-hybridized carbons (Fsp3) is 0.385. The van der Waals surface area contributed by atoms with Gasteiger partial charge in [0, 0.05) is 24.3 Å². The lowest BCUT2D eigenvalue weighted by Crippen LogP contribution is -2.36. The zero-order chi connectivity index (χ0) is 25.4. The first kappa shape index (κ1) is 23.8. The van der Waals surface area contributed by atoms with Crippen LogP contribution in [0.3, 0.4) is 0 Å². The van der Waals surface area contributed by atoms with Crippen molar-refractivity contribution in [2.24, 2.45) is 0 Å². The molecule has 5 rings (SSSR count). The van der Waals surface area contributed by atoms with E-state index < -0.39 is 17.7 Å². The standard InChI is InChI=1S/C26H27NO9/c1-31-15-7-4-6-14(10-15)21(28)19-20(27(26(30)22(19)29)12-16-8-5-9-34-16)17-11-18(32-2)24-25(23(17)33-3)36-13-35-24/h4,6-7,10-11,16,20,28H,5,8-9,12-13H2,1-3H3/t16-,20-/m0/s1. The van der Waals surface area contributed by atoms with Crippen LogP contribution in [0.5, 0.6) is 28.7 Å². The second kappa shape index (κ2) is 9.62. The summed E-state index contributed by atoms with van der Waals surface area (Å²) in [7, 11) is 4.44. The number of hydrogen-bond donors (Lipinski definition) is 1. The van der Waals surface area contributed by atoms with Crippen molar-refractivity contribution < 1.29 is 43.1 Å². The van der Waals surface area contributed by atoms with E-state index in [0.717, 1.165) is 12.8 Å². The minimum atomic E-state index is -0.987. The van der Waals surface area contributed by atoms with Gasteiger partial charge in [-0.3, -0.25) is 9.59 Å². The van der Waals surface area contributed by atoms with Crippen LogP contribution in [-0.4, -0.2) is 69.1 Å². The SMILES string of the molecule is COc1cccc(C(O)=C2C(=O)C(=O)N(C[C@@H]3CCCO3)[C@H]2c2cc(OC)c3c(c2OC)OCO3)c1. The molecule has 2 saturated heterocycles. The number of rotatable bonds is 7. The fourth-order valence-corrected chi connectivity index (χ4v) is 4.92. The molecule has 3 aliphatic rings. The number of ether oxygens (including phenoxy) is 6. The number of aliphatic hydroxyl groups excluding tert-OH is 1. The largest absolute Gasteiger partial charge is 0.507 e. The molecule has 10 nitrogen and oxygen atoms in total. The third-order valence-corrected chi connectivity index (χ3v) is 6.62. The van der Waals surface area contributed by atoms with E-state index in [9.17, 15) is 14.7 Å². The van der Waals surface area contributed by atoms with Crippen LogP contribution in [-0.2, 0) is 14.3 Å². The number of ketones is 1. The van der Waals surface area contributed by atoms with Gasteiger partial charge in [0.1, 0.15) is 11.5 Å². The molecule has 0 aromatic heterocycles. The fourth-order valence-electron chi connectivity index (χ4n) is 4.92. The molecule has 2 atom stereocenters. The molecule has 10 heteroatoms. The van der Waals surface area contributed by atoms with E-state index in [2.05, 4.69) is 0 Å². The summed E-state index contributed by atoms with van der Waals surface area (Å²) in [6, 6.07) is 7.30. The predicted molar refractivity (Wildman–Crippen MR) is 127 cm³/mol. The van der Waals surface area contributed by atoms with Gasteiger partial charge in [0.05, 0.1) is 39.0 Å². The number of fused-ring (bicyclic) bond motifs is 1. The molecule has 0 aliphatic carbocycles. The summed E-state index contributed by atoms with van der Waals surface area (Å²) in [6.45, 7) is 0.722. The first-order chi connectivity index (χ1) is 17.5. The number of likely N-dealkylation sites (tertiary alicyclic amines) is 1. The van der Waals surface area contributed by atoms with Crippen LogP contribution < -0.4 is 23.7 Å². The van der Waals surface area contributed by atoms with Crippen molar-refractivity contribution in [2.45, 2.75) is 25.0 Å². The van der Waals surface area contributed by atoms with Gasteiger partial charge in [-0.05, 0) is 31.0 Å². The molecule has 190 valence electrons. The van der Waals surface area contributed by atoms with Gasteiger partial charge in [0.25, 0.3) is 11.7 Å². The number of aliphatic hydroxyl groups is 1. The molecule has 2 aromatic carbocycles. The molecule has 2 aromatic rings. The molecule has 0 unspecified atom stereocenters. The van der Waals surface area contributed by atoms with Crippen LogP contribution in [0.1, 0.15) is 30.0 Å². The number of hydrogen-bond acceptors (Lipinski definition) is 9. The number of amides is 1. The second-order valence-electron chi connectivity index (χ2n) is 8.58. The van der Waals surface area contributed by atoms with Crippen LogP contribution in [0.15, 0.2) is 35.9 Å². The molecule has 3 heterocycles. The van der Waals surface area contributed by atoms with E-state index in [1.807, 2.05) is 0 Å². The van der Waals surface area contributed by atoms with Gasteiger partial charge in [-0.1, -0.05) is 12.1 Å². The lowest BCUT2D eigenvalue weighted by Gasteiger charge is -2.29. The Morgan fingerprint density at radius 1 is 1.08 bits per heavy atom. The van der Waals surface area contributed by atoms with Crippen molar-refractivity contribution in [3.05, 3.63) is 47.0 Å². The second-order valence-corrected chi connectivity index (χ2v) is 8.58. The molecular formula is C26H27NO9. The number of methoxy groups -OCH3 is 3. The maximum atomic E-state index is 13.4. The maximum absolute atomic E-state index is 13.4. The summed E-state index contributed by atoms with van der Waals surface area (Å²) in [4.78, 5) is 28.2. The van der Waals surface area contributed by atoms with Crippen molar-refractivity contribution in [1.82, 2.24) is 4.90 Å². The van der Waals surface area contributed by atoms with Crippen molar-refractivity contribution >= 4 is 17.4 Å². The van der Waals surface area contributed by atoms with Crippen LogP contribution in [0.2, 0.25) is 0 Å². The lowest BCUT2D eigenvalue weighted by molar-refractivity contribution is -0.140. The molecular weight excluding hydrogens is 470 g/mol. The van der Waals surface area contributed by atoms with Crippen LogP contribution in [0.4, 0.5) is 0 Å². The normalized spacial score (nSPS) is 22.2. The smallest absolute Gasteiger partial charge is 0.295 e. The molecule has 1 amide bonds. The molecule has 3 aliphatic heterocycles. The first-order valence-corrected chi connectivity index (χ1v) is 11.6. The van der Waals surface area contributed by atoms with E-state index in [1.165, 1.54) is 26.2 Å². The highest BCUT2D eigenvalue weighted by Gasteiger charge is 2.49. The highest BCUT2D eigenvalue weighted by Crippen LogP contribution is 2.54. The van der Waals surface area contributed by atoms with Crippen LogP contribution in [0.25, 0.3) is 5.76 Å². The Bertz CT molecular complexity index is 1230. The monoisotopic (exact) mass is 497 g/mol. The third kappa shape index (κ3) is 3.87. The Morgan fingerprint density at radius 3 is 2.58 bits per heavy atom. The minimum Gasteiger partial charge on any atom is -0.507 e. The predicted octanol–water partition coefficient (Wildman–Crippen LogP) is 3.04. The highest BCUT2D eigenvalue weighted by molar-refractivity contribution is 6.46.